The van der Waals surface area contributed by atoms with E-state index in [2.05, 4.69) is 15.4 Å². The number of carbonyl (C=O) groups is 2. The van der Waals surface area contributed by atoms with Gasteiger partial charge in [0.25, 0.3) is 0 Å². The molecule has 1 atom stereocenters. The van der Waals surface area contributed by atoms with Crippen molar-refractivity contribution in [2.24, 2.45) is 0 Å². The molecule has 2 bridgehead atoms. The number of halogens is 4. The fourth-order valence-electron chi connectivity index (χ4n) is 5.15. The van der Waals surface area contributed by atoms with Crippen LogP contribution in [0.3, 0.4) is 0 Å². The summed E-state index contributed by atoms with van der Waals surface area (Å²) in [5, 5.41) is 18.4. The number of nitrogens with one attached hydrogen (secondary N) is 2. The van der Waals surface area contributed by atoms with Crippen molar-refractivity contribution in [3.05, 3.63) is 106 Å². The van der Waals surface area contributed by atoms with Crippen LogP contribution < -0.4 is 15.4 Å². The van der Waals surface area contributed by atoms with Crippen molar-refractivity contribution in [3.8, 4) is 22.3 Å². The number of anilines is 2. The predicted molar refractivity (Wildman–Crippen MR) is 153 cm³/mol. The first-order chi connectivity index (χ1) is 20.1. The number of benzene rings is 3. The number of hydrogen-bond acceptors (Lipinski definition) is 4. The van der Waals surface area contributed by atoms with Crippen LogP contribution >= 0.6 is 11.6 Å². The van der Waals surface area contributed by atoms with Crippen LogP contribution in [0, 0.1) is 22.7 Å². The molecule has 4 aromatic rings. The highest BCUT2D eigenvalue weighted by molar-refractivity contribution is 6.31. The number of carbonyl (C=O) groups excluding carboxylic acids is 2. The third-order valence-electron chi connectivity index (χ3n) is 7.14. The largest absolute Gasteiger partial charge is 0.618 e. The van der Waals surface area contributed by atoms with E-state index in [1.807, 2.05) is 0 Å². The van der Waals surface area contributed by atoms with E-state index in [1.54, 1.807) is 24.3 Å². The Kier molecular flexibility index (Phi) is 8.35. The highest BCUT2D eigenvalue weighted by atomic mass is 35.5. The lowest BCUT2D eigenvalue weighted by atomic mass is 9.87. The molecule has 2 N–H and O–H groups in total. The van der Waals surface area contributed by atoms with Crippen LogP contribution in [-0.4, -0.2) is 19.1 Å². The first-order valence-electron chi connectivity index (χ1n) is 13.1. The Morgan fingerprint density at radius 3 is 2.62 bits per heavy atom. The molecule has 0 saturated heterocycles. The zero-order valence-corrected chi connectivity index (χ0v) is 23.1. The Bertz CT molecular complexity index is 1700. The molecule has 216 valence electrons. The molecule has 3 aromatic carbocycles. The van der Waals surface area contributed by atoms with Gasteiger partial charge in [-0.1, -0.05) is 30.2 Å². The zero-order chi connectivity index (χ0) is 30.0. The van der Waals surface area contributed by atoms with Crippen molar-refractivity contribution < 1.29 is 32.2 Å². The summed E-state index contributed by atoms with van der Waals surface area (Å²) in [6, 6.07) is 14.2. The highest BCUT2D eigenvalue weighted by Crippen LogP contribution is 2.37. The van der Waals surface area contributed by atoms with E-state index in [9.17, 15) is 23.6 Å². The Morgan fingerprint density at radius 1 is 1.05 bits per heavy atom. The summed E-state index contributed by atoms with van der Waals surface area (Å²) in [7, 11) is 1.22. The van der Waals surface area contributed by atoms with Crippen LogP contribution in [0.1, 0.15) is 42.9 Å². The van der Waals surface area contributed by atoms with Gasteiger partial charge in [-0.25, -0.2) is 18.0 Å². The van der Waals surface area contributed by atoms with Gasteiger partial charge in [0.1, 0.15) is 11.6 Å². The first kappa shape index (κ1) is 28.9. The first-order valence-corrected chi connectivity index (χ1v) is 13.5. The molecule has 5 rings (SSSR count). The molecule has 42 heavy (non-hydrogen) atoms. The minimum Gasteiger partial charge on any atom is -0.618 e. The number of pyridine rings is 1. The van der Waals surface area contributed by atoms with E-state index >= 15 is 4.39 Å². The van der Waals surface area contributed by atoms with Crippen molar-refractivity contribution >= 4 is 35.0 Å². The Hall–Kier alpha value is -4.57. The third-order valence-corrected chi connectivity index (χ3v) is 7.43. The average Bonchev–Trinajstić information content (AvgIpc) is 2.95. The minimum absolute atomic E-state index is 0.00121. The molecule has 11 heteroatoms. The number of aromatic nitrogens is 1. The van der Waals surface area contributed by atoms with Gasteiger partial charge in [-0.3, -0.25) is 10.1 Å². The number of ether oxygens (including phenoxy) is 1. The van der Waals surface area contributed by atoms with E-state index in [1.165, 1.54) is 31.4 Å². The van der Waals surface area contributed by atoms with Crippen molar-refractivity contribution in [3.63, 3.8) is 0 Å². The number of methoxy groups -OCH3 is 1. The molecule has 0 saturated carbocycles. The molecule has 7 nitrogen and oxygen atoms in total. The van der Waals surface area contributed by atoms with Crippen LogP contribution in [0.15, 0.2) is 66.9 Å². The fourth-order valence-corrected chi connectivity index (χ4v) is 5.31. The van der Waals surface area contributed by atoms with E-state index in [0.29, 0.717) is 52.1 Å². The summed E-state index contributed by atoms with van der Waals surface area (Å²) in [5.41, 5.74) is 1.99. The third kappa shape index (κ3) is 6.03. The molecule has 0 fully saturated rings. The monoisotopic (exact) mass is 595 g/mol. The topological polar surface area (TPSA) is 94.4 Å². The van der Waals surface area contributed by atoms with E-state index in [4.69, 9.17) is 11.6 Å². The molecule has 1 aromatic heterocycles. The van der Waals surface area contributed by atoms with Crippen LogP contribution in [0.2, 0.25) is 5.02 Å². The summed E-state index contributed by atoms with van der Waals surface area (Å²) in [4.78, 5) is 24.5. The molecule has 1 aliphatic heterocycles. The zero-order valence-electron chi connectivity index (χ0n) is 22.3. The lowest BCUT2D eigenvalue weighted by Gasteiger charge is -2.21. The summed E-state index contributed by atoms with van der Waals surface area (Å²) < 4.78 is 49.4. The Morgan fingerprint density at radius 2 is 1.86 bits per heavy atom. The second-order valence-electron chi connectivity index (χ2n) is 9.88. The molecular formula is C31H25ClF3N3O4. The van der Waals surface area contributed by atoms with Crippen LogP contribution in [0.4, 0.5) is 29.3 Å². The molecule has 2 amide bonds. The van der Waals surface area contributed by atoms with Gasteiger partial charge in [0.2, 0.25) is 5.91 Å². The maximum absolute atomic E-state index is 15.1. The Labute approximate surface area is 244 Å². The SMILES string of the molecule is COC(=O)Nc1ccc2c(c1)NC(=O)CCCC[C@H](c1ccc(-c3c(F)ccc(Cl)c3F)c[n+]1[O-])c1cc(F)cc-2c1. The molecule has 1 aliphatic rings. The molecule has 0 aliphatic carbocycles. The van der Waals surface area contributed by atoms with Gasteiger partial charge in [0.15, 0.2) is 17.7 Å². The maximum atomic E-state index is 15.1. The quantitative estimate of drug-likeness (QED) is 0.145. The Balaban J connectivity index is 1.60. The molecule has 0 unspecified atom stereocenters. The lowest BCUT2D eigenvalue weighted by molar-refractivity contribution is -0.614. The average molecular weight is 596 g/mol. The van der Waals surface area contributed by atoms with Gasteiger partial charge in [-0.2, -0.15) is 4.73 Å². The van der Waals surface area contributed by atoms with Gasteiger partial charge < -0.3 is 15.3 Å². The van der Waals surface area contributed by atoms with Gasteiger partial charge in [0.05, 0.1) is 34.9 Å². The second kappa shape index (κ2) is 12.1. The number of rotatable bonds is 3. The lowest BCUT2D eigenvalue weighted by Crippen LogP contribution is -2.34. The number of nitrogens with zero attached hydrogens (tertiary/aromatic N) is 1. The summed E-state index contributed by atoms with van der Waals surface area (Å²) in [6.45, 7) is 0. The van der Waals surface area contributed by atoms with Crippen molar-refractivity contribution in [2.45, 2.75) is 31.6 Å². The van der Waals surface area contributed by atoms with Crippen molar-refractivity contribution in [1.29, 1.82) is 0 Å². The van der Waals surface area contributed by atoms with Crippen LogP contribution in [0.5, 0.6) is 0 Å². The summed E-state index contributed by atoms with van der Waals surface area (Å²) in [5.74, 6) is -3.27. The van der Waals surface area contributed by atoms with Crippen molar-refractivity contribution in [1.82, 2.24) is 0 Å². The van der Waals surface area contributed by atoms with Gasteiger partial charge in [-0.05, 0) is 66.4 Å². The smallest absolute Gasteiger partial charge is 0.411 e. The second-order valence-corrected chi connectivity index (χ2v) is 10.3. The number of hydrogen-bond donors (Lipinski definition) is 2. The summed E-state index contributed by atoms with van der Waals surface area (Å²) in [6.07, 6.45) is 1.99. The summed E-state index contributed by atoms with van der Waals surface area (Å²) >= 11 is 5.84. The molecule has 0 spiro atoms. The normalized spacial score (nSPS) is 15.1. The van der Waals surface area contributed by atoms with Gasteiger partial charge >= 0.3 is 6.09 Å². The number of amides is 2. The molecular weight excluding hydrogens is 571 g/mol. The minimum atomic E-state index is -0.980. The van der Waals surface area contributed by atoms with Gasteiger partial charge in [0, 0.05) is 23.7 Å². The van der Waals surface area contributed by atoms with Gasteiger partial charge in [-0.15, -0.1) is 0 Å². The maximum Gasteiger partial charge on any atom is 0.411 e. The van der Waals surface area contributed by atoms with E-state index in [-0.39, 0.29) is 28.6 Å². The van der Waals surface area contributed by atoms with E-state index in [0.717, 1.165) is 18.3 Å². The molecule has 0 radical (unpaired) electrons. The standard InChI is InChI=1S/C31H25ClF3N3O4/c1-42-31(40)36-21-7-8-22-18-12-19(14-20(33)13-18)23(4-2-3-5-28(39)37-26(22)15-21)27-11-6-17(16-38(27)41)29-25(34)10-9-24(32)30(29)35/h6-16,23H,2-5H2,1H3,(H,36,40)(H,37,39)/t23-/m0/s1. The van der Waals surface area contributed by atoms with Crippen LogP contribution in [-0.2, 0) is 9.53 Å². The number of fused-ring (bicyclic) bond motifs is 4. The van der Waals surface area contributed by atoms with Crippen LogP contribution in [0.25, 0.3) is 22.3 Å². The predicted octanol–water partition coefficient (Wildman–Crippen LogP) is 7.55. The molecule has 2 heterocycles. The van der Waals surface area contributed by atoms with Crippen molar-refractivity contribution in [2.75, 3.05) is 17.7 Å². The highest BCUT2D eigenvalue weighted by Gasteiger charge is 2.26. The fraction of sp³-hybridized carbons (Fsp3) is 0.194. The van der Waals surface area contributed by atoms with E-state index < -0.39 is 35.0 Å².